The molecular weight excluding hydrogens is 352 g/mol. The van der Waals surface area contributed by atoms with Crippen molar-refractivity contribution >= 4 is 23.1 Å². The first-order valence-corrected chi connectivity index (χ1v) is 9.06. The molecule has 0 unspecified atom stereocenters. The Labute approximate surface area is 163 Å². The van der Waals surface area contributed by atoms with Gasteiger partial charge in [0.2, 0.25) is 0 Å². The van der Waals surface area contributed by atoms with Crippen molar-refractivity contribution in [2.75, 3.05) is 5.32 Å². The van der Waals surface area contributed by atoms with E-state index in [0.717, 1.165) is 16.8 Å². The second-order valence-electron chi connectivity index (χ2n) is 6.88. The van der Waals surface area contributed by atoms with Crippen LogP contribution in [0.25, 0.3) is 5.57 Å². The number of amides is 2. The maximum atomic E-state index is 13.1. The van der Waals surface area contributed by atoms with Crippen LogP contribution in [0.15, 0.2) is 77.0 Å². The van der Waals surface area contributed by atoms with Gasteiger partial charge in [0.05, 0.1) is 18.4 Å². The van der Waals surface area contributed by atoms with Crippen LogP contribution in [0.3, 0.4) is 0 Å². The second kappa shape index (κ2) is 7.19. The molecule has 140 valence electrons. The number of carbonyl (C=O) groups is 2. The zero-order chi connectivity index (χ0) is 19.7. The first kappa shape index (κ1) is 17.8. The number of nitrogens with one attached hydrogen (secondary N) is 1. The average Bonchev–Trinajstić information content (AvgIpc) is 3.28. The number of benzene rings is 2. The second-order valence-corrected chi connectivity index (χ2v) is 6.88. The van der Waals surface area contributed by atoms with Gasteiger partial charge in [0.15, 0.2) is 0 Å². The molecule has 2 heterocycles. The van der Waals surface area contributed by atoms with Gasteiger partial charge in [-0.3, -0.25) is 14.5 Å². The molecule has 0 atom stereocenters. The number of rotatable bonds is 5. The molecule has 5 heteroatoms. The Morgan fingerprint density at radius 2 is 1.50 bits per heavy atom. The van der Waals surface area contributed by atoms with Crippen molar-refractivity contribution in [2.45, 2.75) is 20.4 Å². The lowest BCUT2D eigenvalue weighted by Crippen LogP contribution is -2.31. The molecule has 4 rings (SSSR count). The van der Waals surface area contributed by atoms with Crippen molar-refractivity contribution in [3.05, 3.63) is 95.1 Å². The molecule has 5 nitrogen and oxygen atoms in total. The smallest absolute Gasteiger partial charge is 0.278 e. The fraction of sp³-hybridized carbons (Fsp3) is 0.130. The number of hydrogen-bond donors (Lipinski definition) is 1. The number of aryl methyl sites for hydroxylation is 2. The molecule has 2 amide bonds. The molecule has 3 aromatic rings. The minimum absolute atomic E-state index is 0.0963. The number of hydrogen-bond acceptors (Lipinski definition) is 4. The number of furan rings is 1. The number of nitrogens with zero attached hydrogens (tertiary/aromatic N) is 1. The average molecular weight is 372 g/mol. The lowest BCUT2D eigenvalue weighted by atomic mass is 10.0. The largest absolute Gasteiger partial charge is 0.467 e. The highest BCUT2D eigenvalue weighted by Gasteiger charge is 2.39. The molecule has 28 heavy (non-hydrogen) atoms. The molecular formula is C23H20N2O3. The van der Waals surface area contributed by atoms with Crippen LogP contribution in [-0.4, -0.2) is 16.7 Å². The monoisotopic (exact) mass is 372 g/mol. The summed E-state index contributed by atoms with van der Waals surface area (Å²) in [6.45, 7) is 4.07. The summed E-state index contributed by atoms with van der Waals surface area (Å²) in [4.78, 5) is 27.5. The van der Waals surface area contributed by atoms with Crippen LogP contribution in [0.4, 0.5) is 5.69 Å². The summed E-state index contributed by atoms with van der Waals surface area (Å²) in [7, 11) is 0. The molecule has 0 radical (unpaired) electrons. The van der Waals surface area contributed by atoms with Crippen molar-refractivity contribution in [3.63, 3.8) is 0 Å². The van der Waals surface area contributed by atoms with Crippen molar-refractivity contribution in [1.82, 2.24) is 4.90 Å². The molecule has 1 N–H and O–H groups in total. The Bertz CT molecular complexity index is 1050. The summed E-state index contributed by atoms with van der Waals surface area (Å²) in [5, 5.41) is 3.16. The summed E-state index contributed by atoms with van der Waals surface area (Å²) in [6, 6.07) is 18.8. The zero-order valence-corrected chi connectivity index (χ0v) is 15.7. The highest BCUT2D eigenvalue weighted by atomic mass is 16.3. The van der Waals surface area contributed by atoms with Gasteiger partial charge in [-0.2, -0.15) is 0 Å². The van der Waals surface area contributed by atoms with Crippen molar-refractivity contribution in [1.29, 1.82) is 0 Å². The first-order valence-electron chi connectivity index (χ1n) is 9.06. The van der Waals surface area contributed by atoms with Gasteiger partial charge in [-0.1, -0.05) is 47.5 Å². The lowest BCUT2D eigenvalue weighted by Gasteiger charge is -2.13. The predicted octanol–water partition coefficient (Wildman–Crippen LogP) is 4.29. The predicted molar refractivity (Wildman–Crippen MR) is 107 cm³/mol. The molecule has 0 spiro atoms. The van der Waals surface area contributed by atoms with Crippen LogP contribution in [0, 0.1) is 13.8 Å². The van der Waals surface area contributed by atoms with E-state index in [4.69, 9.17) is 4.42 Å². The van der Waals surface area contributed by atoms with Crippen LogP contribution in [0.2, 0.25) is 0 Å². The summed E-state index contributed by atoms with van der Waals surface area (Å²) >= 11 is 0. The number of anilines is 1. The summed E-state index contributed by atoms with van der Waals surface area (Å²) in [5.74, 6) is -0.140. The van der Waals surface area contributed by atoms with E-state index in [1.165, 1.54) is 11.2 Å². The molecule has 1 aliphatic heterocycles. The standard InChI is InChI=1S/C23H20N2O3/c1-15-5-9-17(10-6-15)20-21(24-18-11-7-16(2)8-12-18)23(27)25(22(20)26)14-19-4-3-13-28-19/h3-13,24H,14H2,1-2H3. The van der Waals surface area contributed by atoms with E-state index in [-0.39, 0.29) is 24.1 Å². The van der Waals surface area contributed by atoms with Gasteiger partial charge < -0.3 is 9.73 Å². The molecule has 2 aromatic carbocycles. The Balaban J connectivity index is 1.74. The van der Waals surface area contributed by atoms with E-state index >= 15 is 0 Å². The summed E-state index contributed by atoms with van der Waals surface area (Å²) < 4.78 is 5.33. The molecule has 1 aromatic heterocycles. The Kier molecular flexibility index (Phi) is 4.57. The van der Waals surface area contributed by atoms with E-state index in [0.29, 0.717) is 16.9 Å². The van der Waals surface area contributed by atoms with Crippen LogP contribution in [0.1, 0.15) is 22.5 Å². The van der Waals surface area contributed by atoms with Gasteiger partial charge in [0.1, 0.15) is 11.5 Å². The van der Waals surface area contributed by atoms with E-state index < -0.39 is 0 Å². The molecule has 0 saturated heterocycles. The van der Waals surface area contributed by atoms with Gasteiger partial charge in [-0.15, -0.1) is 0 Å². The number of carbonyl (C=O) groups excluding carboxylic acids is 2. The van der Waals surface area contributed by atoms with Gasteiger partial charge in [-0.25, -0.2) is 0 Å². The summed E-state index contributed by atoms with van der Waals surface area (Å²) in [5.41, 5.74) is 4.32. The minimum Gasteiger partial charge on any atom is -0.467 e. The Hall–Kier alpha value is -3.60. The normalized spacial score (nSPS) is 14.1. The Morgan fingerprint density at radius 3 is 2.11 bits per heavy atom. The van der Waals surface area contributed by atoms with Gasteiger partial charge in [0.25, 0.3) is 11.8 Å². The highest BCUT2D eigenvalue weighted by molar-refractivity contribution is 6.36. The lowest BCUT2D eigenvalue weighted by molar-refractivity contribution is -0.137. The first-order chi connectivity index (χ1) is 13.5. The molecule has 0 fully saturated rings. The molecule has 0 bridgehead atoms. The molecule has 0 aliphatic carbocycles. The van der Waals surface area contributed by atoms with E-state index in [9.17, 15) is 9.59 Å². The van der Waals surface area contributed by atoms with E-state index in [1.807, 2.05) is 62.4 Å². The highest BCUT2D eigenvalue weighted by Crippen LogP contribution is 2.31. The third-order valence-corrected chi connectivity index (χ3v) is 4.72. The van der Waals surface area contributed by atoms with Crippen molar-refractivity contribution < 1.29 is 14.0 Å². The van der Waals surface area contributed by atoms with Gasteiger partial charge >= 0.3 is 0 Å². The van der Waals surface area contributed by atoms with Crippen LogP contribution in [0.5, 0.6) is 0 Å². The third kappa shape index (κ3) is 3.34. The van der Waals surface area contributed by atoms with Crippen LogP contribution in [-0.2, 0) is 16.1 Å². The third-order valence-electron chi connectivity index (χ3n) is 4.72. The Morgan fingerprint density at radius 1 is 0.857 bits per heavy atom. The molecule has 0 saturated carbocycles. The fourth-order valence-electron chi connectivity index (χ4n) is 3.16. The van der Waals surface area contributed by atoms with Gasteiger partial charge in [0, 0.05) is 5.69 Å². The topological polar surface area (TPSA) is 62.6 Å². The minimum atomic E-state index is -0.363. The SMILES string of the molecule is Cc1ccc(NC2=C(c3ccc(C)cc3)C(=O)N(Cc3ccco3)C2=O)cc1. The summed E-state index contributed by atoms with van der Waals surface area (Å²) in [6.07, 6.45) is 1.53. The quantitative estimate of drug-likeness (QED) is 0.679. The zero-order valence-electron chi connectivity index (χ0n) is 15.7. The van der Waals surface area contributed by atoms with Crippen LogP contribution < -0.4 is 5.32 Å². The van der Waals surface area contributed by atoms with E-state index in [1.54, 1.807) is 12.1 Å². The van der Waals surface area contributed by atoms with Crippen molar-refractivity contribution in [2.24, 2.45) is 0 Å². The van der Waals surface area contributed by atoms with E-state index in [2.05, 4.69) is 5.32 Å². The van der Waals surface area contributed by atoms with Crippen LogP contribution >= 0.6 is 0 Å². The van der Waals surface area contributed by atoms with Gasteiger partial charge in [-0.05, 0) is 43.7 Å². The number of imide groups is 1. The van der Waals surface area contributed by atoms with Crippen molar-refractivity contribution in [3.8, 4) is 0 Å². The maximum Gasteiger partial charge on any atom is 0.278 e. The maximum absolute atomic E-state index is 13.1. The fourth-order valence-corrected chi connectivity index (χ4v) is 3.16. The molecule has 1 aliphatic rings.